The van der Waals surface area contributed by atoms with Crippen LogP contribution in [0.3, 0.4) is 0 Å². The number of aromatic hydroxyl groups is 1. The van der Waals surface area contributed by atoms with Gasteiger partial charge in [-0.2, -0.15) is 0 Å². The number of rotatable bonds is 4. The molecule has 1 aliphatic heterocycles. The monoisotopic (exact) mass is 322 g/mol. The molecule has 1 saturated heterocycles. The minimum atomic E-state index is -3.22. The SMILES string of the molecule is OCC(F)(F)[C@@H](c1ccc2cc(O)ccc2c1)N1CCNCC1. The van der Waals surface area contributed by atoms with E-state index in [-0.39, 0.29) is 5.75 Å². The molecule has 0 radical (unpaired) electrons. The molecule has 0 amide bonds. The molecule has 1 aliphatic rings. The summed E-state index contributed by atoms with van der Waals surface area (Å²) in [6, 6.07) is 8.78. The molecule has 0 aliphatic carbocycles. The lowest BCUT2D eigenvalue weighted by atomic mass is 9.95. The van der Waals surface area contributed by atoms with Gasteiger partial charge in [0, 0.05) is 26.2 Å². The van der Waals surface area contributed by atoms with E-state index in [0.29, 0.717) is 31.7 Å². The predicted molar refractivity (Wildman–Crippen MR) is 84.8 cm³/mol. The third-order valence-electron chi connectivity index (χ3n) is 4.29. The van der Waals surface area contributed by atoms with Crippen LogP contribution >= 0.6 is 0 Å². The van der Waals surface area contributed by atoms with Crippen LogP contribution in [0, 0.1) is 0 Å². The number of nitrogens with one attached hydrogen (secondary N) is 1. The van der Waals surface area contributed by atoms with Gasteiger partial charge in [0.15, 0.2) is 0 Å². The van der Waals surface area contributed by atoms with Crippen LogP contribution in [0.2, 0.25) is 0 Å². The third kappa shape index (κ3) is 3.29. The first kappa shape index (κ1) is 16.1. The maximum Gasteiger partial charge on any atom is 0.289 e. The van der Waals surface area contributed by atoms with Crippen LogP contribution in [-0.2, 0) is 0 Å². The van der Waals surface area contributed by atoms with Gasteiger partial charge >= 0.3 is 0 Å². The average molecular weight is 322 g/mol. The van der Waals surface area contributed by atoms with Crippen molar-refractivity contribution < 1.29 is 19.0 Å². The largest absolute Gasteiger partial charge is 0.508 e. The van der Waals surface area contributed by atoms with Crippen molar-refractivity contribution in [3.05, 3.63) is 42.0 Å². The Kier molecular flexibility index (Phi) is 4.48. The van der Waals surface area contributed by atoms with E-state index in [4.69, 9.17) is 0 Å². The molecule has 1 atom stereocenters. The molecule has 1 fully saturated rings. The Balaban J connectivity index is 2.03. The summed E-state index contributed by atoms with van der Waals surface area (Å²) in [4.78, 5) is 1.72. The Labute approximate surface area is 133 Å². The van der Waals surface area contributed by atoms with Crippen molar-refractivity contribution in [1.29, 1.82) is 0 Å². The first-order valence-electron chi connectivity index (χ1n) is 7.67. The molecule has 4 nitrogen and oxygen atoms in total. The van der Waals surface area contributed by atoms with Crippen molar-refractivity contribution in [3.63, 3.8) is 0 Å². The molecule has 3 rings (SSSR count). The molecule has 124 valence electrons. The molecule has 23 heavy (non-hydrogen) atoms. The summed E-state index contributed by atoms with van der Waals surface area (Å²) in [6.07, 6.45) is 0. The molecule has 2 aromatic carbocycles. The minimum Gasteiger partial charge on any atom is -0.508 e. The van der Waals surface area contributed by atoms with Gasteiger partial charge < -0.3 is 15.5 Å². The number of hydrogen-bond donors (Lipinski definition) is 3. The van der Waals surface area contributed by atoms with Gasteiger partial charge in [-0.1, -0.05) is 18.2 Å². The zero-order valence-electron chi connectivity index (χ0n) is 12.7. The number of alkyl halides is 2. The van der Waals surface area contributed by atoms with E-state index in [1.54, 1.807) is 35.2 Å². The highest BCUT2D eigenvalue weighted by atomic mass is 19.3. The van der Waals surface area contributed by atoms with E-state index in [1.807, 2.05) is 0 Å². The highest BCUT2D eigenvalue weighted by molar-refractivity contribution is 5.84. The first-order valence-corrected chi connectivity index (χ1v) is 7.67. The standard InChI is InChI=1S/C17H20F2N2O2/c18-17(19,11-22)16(21-7-5-20-6-8-21)14-2-1-13-10-15(23)4-3-12(13)9-14/h1-4,9-10,16,20,22-23H,5-8,11H2/t16-/m1/s1. The number of halogens is 2. The second-order valence-corrected chi connectivity index (χ2v) is 5.90. The Bertz CT molecular complexity index is 687. The smallest absolute Gasteiger partial charge is 0.289 e. The summed E-state index contributed by atoms with van der Waals surface area (Å²) in [5.41, 5.74) is 0.476. The van der Waals surface area contributed by atoms with E-state index in [0.717, 1.165) is 10.8 Å². The molecular formula is C17H20F2N2O2. The van der Waals surface area contributed by atoms with Crippen LogP contribution in [0.15, 0.2) is 36.4 Å². The summed E-state index contributed by atoms with van der Waals surface area (Å²) in [5.74, 6) is -3.08. The lowest BCUT2D eigenvalue weighted by Crippen LogP contribution is -2.51. The quantitative estimate of drug-likeness (QED) is 0.807. The number of hydrogen-bond acceptors (Lipinski definition) is 4. The highest BCUT2D eigenvalue weighted by Gasteiger charge is 2.44. The van der Waals surface area contributed by atoms with Crippen molar-refractivity contribution in [3.8, 4) is 5.75 Å². The van der Waals surface area contributed by atoms with Gasteiger partial charge in [0.05, 0.1) is 0 Å². The molecule has 0 spiro atoms. The lowest BCUT2D eigenvalue weighted by Gasteiger charge is -2.38. The van der Waals surface area contributed by atoms with Gasteiger partial charge in [-0.05, 0) is 34.5 Å². The number of benzene rings is 2. The number of nitrogens with zero attached hydrogens (tertiary/aromatic N) is 1. The fourth-order valence-corrected chi connectivity index (χ4v) is 3.17. The van der Waals surface area contributed by atoms with Crippen molar-refractivity contribution in [2.75, 3.05) is 32.8 Å². The maximum absolute atomic E-state index is 14.4. The number of piperazine rings is 1. The van der Waals surface area contributed by atoms with Gasteiger partial charge in [-0.3, -0.25) is 4.90 Å². The summed E-state index contributed by atoms with van der Waals surface area (Å²) in [6.45, 7) is 1.13. The van der Waals surface area contributed by atoms with E-state index in [2.05, 4.69) is 5.32 Å². The normalized spacial score (nSPS) is 18.2. The Morgan fingerprint density at radius 2 is 1.74 bits per heavy atom. The van der Waals surface area contributed by atoms with E-state index < -0.39 is 18.6 Å². The molecule has 2 aromatic rings. The predicted octanol–water partition coefficient (Wildman–Crippen LogP) is 2.12. The topological polar surface area (TPSA) is 55.7 Å². The lowest BCUT2D eigenvalue weighted by molar-refractivity contribution is -0.118. The summed E-state index contributed by atoms with van der Waals surface area (Å²) in [5, 5.41) is 23.4. The van der Waals surface area contributed by atoms with Crippen LogP contribution in [0.1, 0.15) is 11.6 Å². The van der Waals surface area contributed by atoms with E-state index in [1.165, 1.54) is 6.07 Å². The van der Waals surface area contributed by atoms with Crippen LogP contribution in [0.5, 0.6) is 5.75 Å². The van der Waals surface area contributed by atoms with Crippen LogP contribution in [-0.4, -0.2) is 53.8 Å². The van der Waals surface area contributed by atoms with Crippen molar-refractivity contribution in [1.82, 2.24) is 10.2 Å². The Morgan fingerprint density at radius 1 is 1.09 bits per heavy atom. The summed E-state index contributed by atoms with van der Waals surface area (Å²) in [7, 11) is 0. The highest BCUT2D eigenvalue weighted by Crippen LogP contribution is 2.37. The minimum absolute atomic E-state index is 0.143. The summed E-state index contributed by atoms with van der Waals surface area (Å²) < 4.78 is 28.8. The van der Waals surface area contributed by atoms with Gasteiger partial charge in [0.1, 0.15) is 18.4 Å². The number of phenolic OH excluding ortho intramolecular Hbond substituents is 1. The van der Waals surface area contributed by atoms with Gasteiger partial charge in [-0.15, -0.1) is 0 Å². The first-order chi connectivity index (χ1) is 11.0. The molecule has 0 saturated carbocycles. The molecule has 0 unspecified atom stereocenters. The van der Waals surface area contributed by atoms with Crippen molar-refractivity contribution >= 4 is 10.8 Å². The number of aliphatic hydroxyl groups excluding tert-OH is 1. The Hall–Kier alpha value is -1.76. The third-order valence-corrected chi connectivity index (χ3v) is 4.29. The molecular weight excluding hydrogens is 302 g/mol. The van der Waals surface area contributed by atoms with E-state index in [9.17, 15) is 19.0 Å². The van der Waals surface area contributed by atoms with Gasteiger partial charge in [0.2, 0.25) is 0 Å². The zero-order chi connectivity index (χ0) is 16.4. The second kappa shape index (κ2) is 6.39. The Morgan fingerprint density at radius 3 is 2.43 bits per heavy atom. The number of phenols is 1. The van der Waals surface area contributed by atoms with E-state index >= 15 is 0 Å². The zero-order valence-corrected chi connectivity index (χ0v) is 12.7. The molecule has 1 heterocycles. The summed E-state index contributed by atoms with van der Waals surface area (Å²) >= 11 is 0. The van der Waals surface area contributed by atoms with Crippen LogP contribution in [0.25, 0.3) is 10.8 Å². The van der Waals surface area contributed by atoms with Gasteiger partial charge in [-0.25, -0.2) is 8.78 Å². The molecule has 6 heteroatoms. The average Bonchev–Trinajstić information content (AvgIpc) is 2.56. The second-order valence-electron chi connectivity index (χ2n) is 5.90. The fraction of sp³-hybridized carbons (Fsp3) is 0.412. The van der Waals surface area contributed by atoms with Crippen LogP contribution < -0.4 is 5.32 Å². The number of fused-ring (bicyclic) bond motifs is 1. The molecule has 3 N–H and O–H groups in total. The maximum atomic E-state index is 14.4. The van der Waals surface area contributed by atoms with Crippen LogP contribution in [0.4, 0.5) is 8.78 Å². The van der Waals surface area contributed by atoms with Gasteiger partial charge in [0.25, 0.3) is 5.92 Å². The van der Waals surface area contributed by atoms with Crippen molar-refractivity contribution in [2.24, 2.45) is 0 Å². The van der Waals surface area contributed by atoms with Crippen molar-refractivity contribution in [2.45, 2.75) is 12.0 Å². The fourth-order valence-electron chi connectivity index (χ4n) is 3.17. The molecule has 0 aromatic heterocycles. The molecule has 0 bridgehead atoms. The number of aliphatic hydroxyl groups is 1.